The van der Waals surface area contributed by atoms with Crippen LogP contribution in [0.4, 0.5) is 11.4 Å². The summed E-state index contributed by atoms with van der Waals surface area (Å²) in [4.78, 5) is 31.7. The Kier molecular flexibility index (Phi) is 4.93. The van der Waals surface area contributed by atoms with E-state index in [1.165, 1.54) is 0 Å². The van der Waals surface area contributed by atoms with Gasteiger partial charge in [0, 0.05) is 27.1 Å². The van der Waals surface area contributed by atoms with Gasteiger partial charge < -0.3 is 10.4 Å². The number of hydrogen-bond acceptors (Lipinski definition) is 5. The van der Waals surface area contributed by atoms with Gasteiger partial charge in [-0.1, -0.05) is 72.3 Å². The summed E-state index contributed by atoms with van der Waals surface area (Å²) >= 11 is 0. The number of aliphatic hydroxyl groups excluding tert-OH is 1. The smallest absolute Gasteiger partial charge is 0.282 e. The first-order valence-corrected chi connectivity index (χ1v) is 11.7. The fourth-order valence-corrected chi connectivity index (χ4v) is 4.97. The van der Waals surface area contributed by atoms with Crippen molar-refractivity contribution in [3.8, 4) is 0 Å². The first-order valence-electron chi connectivity index (χ1n) is 11.7. The Hall–Kier alpha value is -4.77. The monoisotopic (exact) mass is 470 g/mol. The van der Waals surface area contributed by atoms with Gasteiger partial charge in [0.05, 0.1) is 21.8 Å². The van der Waals surface area contributed by atoms with Crippen molar-refractivity contribution >= 4 is 38.8 Å². The van der Waals surface area contributed by atoms with E-state index in [9.17, 15) is 14.7 Å². The van der Waals surface area contributed by atoms with Gasteiger partial charge in [0.1, 0.15) is 5.76 Å². The highest BCUT2D eigenvalue weighted by molar-refractivity contribution is 5.96. The summed E-state index contributed by atoms with van der Waals surface area (Å²) in [5.41, 5.74) is 3.67. The number of rotatable bonds is 3. The van der Waals surface area contributed by atoms with E-state index in [0.717, 1.165) is 16.8 Å². The van der Waals surface area contributed by atoms with Crippen molar-refractivity contribution in [1.82, 2.24) is 4.98 Å². The van der Waals surface area contributed by atoms with Gasteiger partial charge >= 0.3 is 0 Å². The van der Waals surface area contributed by atoms with Crippen LogP contribution in [0, 0.1) is 24.3 Å². The third-order valence-electron chi connectivity index (χ3n) is 6.70. The quantitative estimate of drug-likeness (QED) is 0.378. The standard InChI is InChI=1S/C31H22N2O3/c1-17-12-14-20(15-13-17)32-23-16-18(2)28-26-24(21-10-6-7-11-22(21)30(35)25(23)26)27(31(36)33-28)29(34)19-8-4-3-5-9-19/h3-16,32,34H,1-2H3/b29-27-. The van der Waals surface area contributed by atoms with E-state index in [2.05, 4.69) is 10.3 Å². The number of hydrogen-bond donors (Lipinski definition) is 2. The summed E-state index contributed by atoms with van der Waals surface area (Å²) in [5, 5.41) is 17.5. The van der Waals surface area contributed by atoms with Crippen LogP contribution in [-0.2, 0) is 0 Å². The topological polar surface area (TPSA) is 79.3 Å². The van der Waals surface area contributed by atoms with Crippen molar-refractivity contribution in [3.63, 3.8) is 0 Å². The van der Waals surface area contributed by atoms with Crippen LogP contribution in [0.15, 0.2) is 94.5 Å². The summed E-state index contributed by atoms with van der Waals surface area (Å²) in [6.45, 7) is 3.89. The van der Waals surface area contributed by atoms with Gasteiger partial charge in [0.25, 0.3) is 5.56 Å². The zero-order valence-corrected chi connectivity index (χ0v) is 19.8. The van der Waals surface area contributed by atoms with Crippen molar-refractivity contribution in [1.29, 1.82) is 0 Å². The molecule has 0 amide bonds. The molecule has 0 spiro atoms. The molecule has 2 aliphatic rings. The lowest BCUT2D eigenvalue weighted by Crippen LogP contribution is -2.33. The van der Waals surface area contributed by atoms with E-state index >= 15 is 0 Å². The first-order chi connectivity index (χ1) is 17.4. The molecule has 5 nitrogen and oxygen atoms in total. The predicted octanol–water partition coefficient (Wildman–Crippen LogP) is 5.06. The molecule has 0 fully saturated rings. The van der Waals surface area contributed by atoms with Crippen LogP contribution in [0.25, 0.3) is 27.4 Å². The van der Waals surface area contributed by atoms with E-state index < -0.39 is 5.56 Å². The number of anilines is 2. The molecule has 0 unspecified atom stereocenters. The molecule has 36 heavy (non-hydrogen) atoms. The molecule has 0 bridgehead atoms. The Morgan fingerprint density at radius 3 is 2.19 bits per heavy atom. The van der Waals surface area contributed by atoms with Gasteiger partial charge in [-0.05, 0) is 43.0 Å². The maximum absolute atomic E-state index is 13.9. The molecular formula is C31H22N2O3. The minimum atomic E-state index is -0.531. The fourth-order valence-electron chi connectivity index (χ4n) is 4.97. The zero-order valence-electron chi connectivity index (χ0n) is 19.8. The van der Waals surface area contributed by atoms with E-state index in [1.54, 1.807) is 36.4 Å². The average Bonchev–Trinajstić information content (AvgIpc) is 2.89. The molecule has 1 aliphatic heterocycles. The van der Waals surface area contributed by atoms with E-state index in [1.807, 2.05) is 62.4 Å². The van der Waals surface area contributed by atoms with Gasteiger partial charge in [-0.2, -0.15) is 0 Å². The molecule has 1 aliphatic carbocycles. The van der Waals surface area contributed by atoms with Crippen LogP contribution in [0.1, 0.15) is 16.7 Å². The van der Waals surface area contributed by atoms with Crippen LogP contribution < -0.4 is 21.5 Å². The summed E-state index contributed by atoms with van der Waals surface area (Å²) in [6, 6.07) is 25.9. The van der Waals surface area contributed by atoms with E-state index in [-0.39, 0.29) is 16.4 Å². The van der Waals surface area contributed by atoms with Crippen LogP contribution in [-0.4, -0.2) is 10.1 Å². The van der Waals surface area contributed by atoms with Crippen molar-refractivity contribution in [3.05, 3.63) is 138 Å². The molecule has 0 atom stereocenters. The van der Waals surface area contributed by atoms with Crippen molar-refractivity contribution in [2.24, 2.45) is 0 Å². The molecule has 174 valence electrons. The second-order valence-corrected chi connectivity index (χ2v) is 9.09. The summed E-state index contributed by atoms with van der Waals surface area (Å²) < 4.78 is 0. The maximum Gasteiger partial charge on any atom is 0.282 e. The van der Waals surface area contributed by atoms with E-state index in [0.29, 0.717) is 43.4 Å². The number of nitrogens with zero attached hydrogens (tertiary/aromatic N) is 1. The maximum atomic E-state index is 13.9. The molecule has 4 aromatic carbocycles. The second-order valence-electron chi connectivity index (χ2n) is 9.09. The lowest BCUT2D eigenvalue weighted by molar-refractivity contribution is 0.506. The number of fused-ring (bicyclic) bond motifs is 2. The number of benzene rings is 4. The molecule has 4 aromatic rings. The Morgan fingerprint density at radius 2 is 1.47 bits per heavy atom. The Bertz CT molecular complexity index is 2020. The third-order valence-corrected chi connectivity index (χ3v) is 6.70. The zero-order chi connectivity index (χ0) is 25.0. The molecule has 6 rings (SSSR count). The SMILES string of the molecule is Cc1ccc(Nc2cc(C)c3nc(=O)/c(=C(\O)c4ccccc4)c4c5ccccc5c(=O)c2c3=4)cc1. The number of nitrogens with one attached hydrogen (secondary N) is 1. The first kappa shape index (κ1) is 21.7. The number of aromatic nitrogens is 1. The second kappa shape index (κ2) is 8.17. The van der Waals surface area contributed by atoms with Gasteiger partial charge in [0.15, 0.2) is 5.43 Å². The van der Waals surface area contributed by atoms with Crippen LogP contribution in [0.5, 0.6) is 0 Å². The largest absolute Gasteiger partial charge is 0.506 e. The third kappa shape index (κ3) is 3.28. The van der Waals surface area contributed by atoms with E-state index in [4.69, 9.17) is 0 Å². The average molecular weight is 471 g/mol. The van der Waals surface area contributed by atoms with Gasteiger partial charge in [-0.3, -0.25) is 9.59 Å². The number of aliphatic hydroxyl groups is 1. The molecule has 1 heterocycles. The van der Waals surface area contributed by atoms with Gasteiger partial charge in [-0.15, -0.1) is 0 Å². The van der Waals surface area contributed by atoms with Gasteiger partial charge in [-0.25, -0.2) is 4.98 Å². The fraction of sp³-hybridized carbons (Fsp3) is 0.0645. The Morgan fingerprint density at radius 1 is 0.806 bits per heavy atom. The highest BCUT2D eigenvalue weighted by atomic mass is 16.3. The minimum absolute atomic E-state index is 0.0989. The predicted molar refractivity (Wildman–Crippen MR) is 144 cm³/mol. The molecule has 0 radical (unpaired) electrons. The molecule has 0 saturated carbocycles. The lowest BCUT2D eigenvalue weighted by atomic mass is 9.95. The minimum Gasteiger partial charge on any atom is -0.506 e. The lowest BCUT2D eigenvalue weighted by Gasteiger charge is -2.14. The molecular weight excluding hydrogens is 448 g/mol. The van der Waals surface area contributed by atoms with Crippen molar-refractivity contribution in [2.75, 3.05) is 5.32 Å². The number of aryl methyl sites for hydroxylation is 2. The molecule has 0 saturated heterocycles. The summed E-state index contributed by atoms with van der Waals surface area (Å²) in [5.74, 6) is -0.158. The van der Waals surface area contributed by atoms with Crippen LogP contribution >= 0.6 is 0 Å². The highest BCUT2D eigenvalue weighted by Crippen LogP contribution is 2.29. The van der Waals surface area contributed by atoms with Crippen LogP contribution in [0.2, 0.25) is 0 Å². The van der Waals surface area contributed by atoms with Gasteiger partial charge in [0.2, 0.25) is 0 Å². The molecule has 0 aromatic heterocycles. The Labute approximate surface area is 206 Å². The van der Waals surface area contributed by atoms with Crippen molar-refractivity contribution in [2.45, 2.75) is 13.8 Å². The molecule has 5 heteroatoms. The van der Waals surface area contributed by atoms with Crippen molar-refractivity contribution < 1.29 is 5.11 Å². The van der Waals surface area contributed by atoms with Crippen LogP contribution in [0.3, 0.4) is 0 Å². The highest BCUT2D eigenvalue weighted by Gasteiger charge is 2.19. The molecule has 2 N–H and O–H groups in total. The normalized spacial score (nSPS) is 12.4. The summed E-state index contributed by atoms with van der Waals surface area (Å²) in [6.07, 6.45) is 0. The summed E-state index contributed by atoms with van der Waals surface area (Å²) in [7, 11) is 0. The Balaban J connectivity index is 1.89.